The van der Waals surface area contributed by atoms with Crippen molar-refractivity contribution < 1.29 is 9.84 Å². The molecule has 1 aromatic rings. The highest BCUT2D eigenvalue weighted by Crippen LogP contribution is 2.13. The van der Waals surface area contributed by atoms with Crippen molar-refractivity contribution in [3.63, 3.8) is 0 Å². The summed E-state index contributed by atoms with van der Waals surface area (Å²) in [6.07, 6.45) is 1.52. The van der Waals surface area contributed by atoms with Gasteiger partial charge >= 0.3 is 0 Å². The molecule has 1 heterocycles. The van der Waals surface area contributed by atoms with Crippen LogP contribution in [0.3, 0.4) is 0 Å². The van der Waals surface area contributed by atoms with E-state index in [1.54, 1.807) is 19.9 Å². The van der Waals surface area contributed by atoms with Gasteiger partial charge in [0.05, 0.1) is 11.7 Å². The summed E-state index contributed by atoms with van der Waals surface area (Å²) < 4.78 is 5.43. The molecule has 0 fully saturated rings. The summed E-state index contributed by atoms with van der Waals surface area (Å²) in [4.78, 5) is 8.02. The quantitative estimate of drug-likeness (QED) is 0.793. The molecule has 0 aromatic carbocycles. The van der Waals surface area contributed by atoms with Crippen molar-refractivity contribution >= 4 is 5.82 Å². The van der Waals surface area contributed by atoms with Gasteiger partial charge in [-0.1, -0.05) is 0 Å². The minimum Gasteiger partial charge on any atom is -0.475 e. The Kier molecular flexibility index (Phi) is 4.06. The number of rotatable bonds is 5. The van der Waals surface area contributed by atoms with Gasteiger partial charge in [-0.25, -0.2) is 9.97 Å². The zero-order valence-electron chi connectivity index (χ0n) is 10.2. The minimum atomic E-state index is -0.774. The van der Waals surface area contributed by atoms with Crippen LogP contribution < -0.4 is 10.1 Å². The topological polar surface area (TPSA) is 67.3 Å². The van der Waals surface area contributed by atoms with Crippen LogP contribution in [0.2, 0.25) is 0 Å². The second kappa shape index (κ2) is 5.12. The monoisotopic (exact) mass is 225 g/mol. The van der Waals surface area contributed by atoms with Crippen molar-refractivity contribution in [3.8, 4) is 5.88 Å². The maximum atomic E-state index is 9.56. The lowest BCUT2D eigenvalue weighted by molar-refractivity contribution is 0.0944. The van der Waals surface area contributed by atoms with E-state index >= 15 is 0 Å². The van der Waals surface area contributed by atoms with Gasteiger partial charge < -0.3 is 15.2 Å². The molecule has 0 aliphatic heterocycles. The number of anilines is 1. The van der Waals surface area contributed by atoms with E-state index in [4.69, 9.17) is 4.74 Å². The van der Waals surface area contributed by atoms with Crippen molar-refractivity contribution in [1.29, 1.82) is 0 Å². The minimum absolute atomic E-state index is 0.0806. The lowest BCUT2D eigenvalue weighted by atomic mass is 10.1. The second-order valence-corrected chi connectivity index (χ2v) is 4.57. The molecule has 2 N–H and O–H groups in total. The van der Waals surface area contributed by atoms with Crippen molar-refractivity contribution in [1.82, 2.24) is 9.97 Å². The Morgan fingerprint density at radius 2 is 2.12 bits per heavy atom. The maximum Gasteiger partial charge on any atom is 0.218 e. The molecule has 0 aliphatic rings. The average Bonchev–Trinajstić information content (AvgIpc) is 2.13. The van der Waals surface area contributed by atoms with E-state index < -0.39 is 5.60 Å². The molecule has 0 spiro atoms. The van der Waals surface area contributed by atoms with Gasteiger partial charge in [0.2, 0.25) is 5.88 Å². The van der Waals surface area contributed by atoms with Crippen LogP contribution in [-0.4, -0.2) is 33.3 Å². The van der Waals surface area contributed by atoms with Gasteiger partial charge in [-0.15, -0.1) is 0 Å². The van der Waals surface area contributed by atoms with E-state index in [-0.39, 0.29) is 6.10 Å². The average molecular weight is 225 g/mol. The van der Waals surface area contributed by atoms with Gasteiger partial charge in [-0.2, -0.15) is 0 Å². The summed E-state index contributed by atoms with van der Waals surface area (Å²) in [6, 6.07) is 1.71. The Hall–Kier alpha value is -1.36. The van der Waals surface area contributed by atoms with E-state index in [1.165, 1.54) is 6.33 Å². The highest BCUT2D eigenvalue weighted by Gasteiger charge is 2.12. The van der Waals surface area contributed by atoms with Crippen LogP contribution >= 0.6 is 0 Å². The molecule has 0 saturated carbocycles. The molecule has 0 amide bonds. The number of nitrogens with one attached hydrogen (secondary N) is 1. The van der Waals surface area contributed by atoms with Crippen LogP contribution in [0.5, 0.6) is 5.88 Å². The highest BCUT2D eigenvalue weighted by atomic mass is 16.5. The SMILES string of the molecule is CC(C)Oc1cc(NCC(C)(C)O)ncn1. The summed E-state index contributed by atoms with van der Waals surface area (Å²) >= 11 is 0. The third-order valence-electron chi connectivity index (χ3n) is 1.70. The first-order chi connectivity index (χ1) is 7.37. The zero-order chi connectivity index (χ0) is 12.2. The Bertz CT molecular complexity index is 334. The van der Waals surface area contributed by atoms with Gasteiger partial charge in [0, 0.05) is 12.6 Å². The van der Waals surface area contributed by atoms with Gasteiger partial charge in [0.25, 0.3) is 0 Å². The van der Waals surface area contributed by atoms with Crippen LogP contribution in [0, 0.1) is 0 Å². The molecule has 5 nitrogen and oxygen atoms in total. The van der Waals surface area contributed by atoms with Gasteiger partial charge in [0.1, 0.15) is 12.1 Å². The number of aliphatic hydroxyl groups is 1. The summed E-state index contributed by atoms with van der Waals surface area (Å²) in [5, 5.41) is 12.6. The smallest absolute Gasteiger partial charge is 0.218 e. The summed E-state index contributed by atoms with van der Waals surface area (Å²) in [6.45, 7) is 7.75. The Morgan fingerprint density at radius 3 is 2.69 bits per heavy atom. The molecule has 90 valence electrons. The van der Waals surface area contributed by atoms with E-state index in [1.807, 2.05) is 13.8 Å². The normalized spacial score (nSPS) is 11.6. The fraction of sp³-hybridized carbons (Fsp3) is 0.636. The number of ether oxygens (including phenoxy) is 1. The van der Waals surface area contributed by atoms with Crippen LogP contribution in [0.1, 0.15) is 27.7 Å². The molecule has 1 rings (SSSR count). The third kappa shape index (κ3) is 4.93. The maximum absolute atomic E-state index is 9.56. The van der Waals surface area contributed by atoms with Crippen LogP contribution in [0.4, 0.5) is 5.82 Å². The molecule has 0 unspecified atom stereocenters. The van der Waals surface area contributed by atoms with E-state index in [2.05, 4.69) is 15.3 Å². The van der Waals surface area contributed by atoms with E-state index in [9.17, 15) is 5.11 Å². The molecule has 0 bridgehead atoms. The third-order valence-corrected chi connectivity index (χ3v) is 1.70. The van der Waals surface area contributed by atoms with E-state index in [0.29, 0.717) is 18.2 Å². The molecular formula is C11H19N3O2. The molecule has 16 heavy (non-hydrogen) atoms. The lowest BCUT2D eigenvalue weighted by Crippen LogP contribution is -2.29. The molecule has 1 aromatic heterocycles. The van der Waals surface area contributed by atoms with Gasteiger partial charge in [-0.05, 0) is 27.7 Å². The Balaban J connectivity index is 2.60. The van der Waals surface area contributed by atoms with Crippen molar-refractivity contribution in [2.45, 2.75) is 39.4 Å². The molecule has 0 aliphatic carbocycles. The molecule has 0 saturated heterocycles. The Morgan fingerprint density at radius 1 is 1.44 bits per heavy atom. The fourth-order valence-corrected chi connectivity index (χ4v) is 1.05. The van der Waals surface area contributed by atoms with Crippen molar-refractivity contribution in [2.75, 3.05) is 11.9 Å². The second-order valence-electron chi connectivity index (χ2n) is 4.57. The summed E-state index contributed by atoms with van der Waals surface area (Å²) in [5.74, 6) is 1.18. The van der Waals surface area contributed by atoms with E-state index in [0.717, 1.165) is 0 Å². The number of hydrogen-bond donors (Lipinski definition) is 2. The lowest BCUT2D eigenvalue weighted by Gasteiger charge is -2.18. The largest absolute Gasteiger partial charge is 0.475 e. The first-order valence-electron chi connectivity index (χ1n) is 5.32. The van der Waals surface area contributed by atoms with Gasteiger partial charge in [-0.3, -0.25) is 0 Å². The molecular weight excluding hydrogens is 206 g/mol. The predicted molar refractivity (Wildman–Crippen MR) is 62.6 cm³/mol. The fourth-order valence-electron chi connectivity index (χ4n) is 1.05. The van der Waals surface area contributed by atoms with Gasteiger partial charge in [0.15, 0.2) is 0 Å². The number of hydrogen-bond acceptors (Lipinski definition) is 5. The summed E-state index contributed by atoms with van der Waals surface area (Å²) in [5.41, 5.74) is -0.774. The first kappa shape index (κ1) is 12.7. The summed E-state index contributed by atoms with van der Waals surface area (Å²) in [7, 11) is 0. The molecule has 5 heteroatoms. The number of nitrogens with zero attached hydrogens (tertiary/aromatic N) is 2. The predicted octanol–water partition coefficient (Wildman–Crippen LogP) is 1.45. The molecule has 0 radical (unpaired) electrons. The zero-order valence-corrected chi connectivity index (χ0v) is 10.2. The number of aromatic nitrogens is 2. The van der Waals surface area contributed by atoms with Crippen LogP contribution in [0.15, 0.2) is 12.4 Å². The Labute approximate surface area is 95.9 Å². The van der Waals surface area contributed by atoms with Crippen molar-refractivity contribution in [2.24, 2.45) is 0 Å². The van der Waals surface area contributed by atoms with Crippen LogP contribution in [0.25, 0.3) is 0 Å². The standard InChI is InChI=1S/C11H19N3O2/c1-8(2)16-10-5-9(13-7-14-10)12-6-11(3,4)15/h5,7-8,15H,6H2,1-4H3,(H,12,13,14). The first-order valence-corrected chi connectivity index (χ1v) is 5.32. The van der Waals surface area contributed by atoms with Crippen LogP contribution in [-0.2, 0) is 0 Å². The van der Waals surface area contributed by atoms with Crippen molar-refractivity contribution in [3.05, 3.63) is 12.4 Å². The highest BCUT2D eigenvalue weighted by molar-refractivity contribution is 5.37. The molecule has 0 atom stereocenters.